The van der Waals surface area contributed by atoms with Gasteiger partial charge in [-0.1, -0.05) is 19.3 Å². The summed E-state index contributed by atoms with van der Waals surface area (Å²) < 4.78 is 1.20. The standard InChI is InChI=1S/C16H23N3O4/c1-2-19-14(20)9-8-13(18-19)15(21)17-10-12(16(22)23)11-6-4-3-5-7-11/h8-9,11-12H,2-7,10H2,1H3,(H,17,21)(H,22,23). The van der Waals surface area contributed by atoms with Crippen LogP contribution in [0.2, 0.25) is 0 Å². The second-order valence-electron chi connectivity index (χ2n) is 5.93. The molecule has 0 radical (unpaired) electrons. The minimum Gasteiger partial charge on any atom is -0.481 e. The Hall–Kier alpha value is -2.18. The van der Waals surface area contributed by atoms with Crippen LogP contribution in [-0.2, 0) is 11.3 Å². The van der Waals surface area contributed by atoms with E-state index in [1.54, 1.807) is 6.92 Å². The van der Waals surface area contributed by atoms with Crippen LogP contribution in [0.1, 0.15) is 49.5 Å². The summed E-state index contributed by atoms with van der Waals surface area (Å²) in [4.78, 5) is 35.1. The average Bonchev–Trinajstić information content (AvgIpc) is 2.56. The van der Waals surface area contributed by atoms with Crippen molar-refractivity contribution in [1.82, 2.24) is 15.1 Å². The van der Waals surface area contributed by atoms with E-state index in [4.69, 9.17) is 0 Å². The monoisotopic (exact) mass is 321 g/mol. The van der Waals surface area contributed by atoms with Crippen molar-refractivity contribution in [2.75, 3.05) is 6.54 Å². The molecule has 1 saturated carbocycles. The number of aryl methyl sites for hydroxylation is 1. The predicted molar refractivity (Wildman–Crippen MR) is 84.2 cm³/mol. The van der Waals surface area contributed by atoms with Gasteiger partial charge >= 0.3 is 5.97 Å². The number of hydrogen-bond acceptors (Lipinski definition) is 4. The van der Waals surface area contributed by atoms with Crippen LogP contribution in [0.3, 0.4) is 0 Å². The van der Waals surface area contributed by atoms with Gasteiger partial charge in [0.2, 0.25) is 0 Å². The summed E-state index contributed by atoms with van der Waals surface area (Å²) in [6.07, 6.45) is 5.03. The van der Waals surface area contributed by atoms with Crippen LogP contribution in [0.25, 0.3) is 0 Å². The number of carbonyl (C=O) groups excluding carboxylic acids is 1. The molecule has 23 heavy (non-hydrogen) atoms. The zero-order valence-electron chi connectivity index (χ0n) is 13.3. The van der Waals surface area contributed by atoms with Gasteiger partial charge in [0.25, 0.3) is 11.5 Å². The smallest absolute Gasteiger partial charge is 0.308 e. The molecule has 1 unspecified atom stereocenters. The van der Waals surface area contributed by atoms with Crippen LogP contribution in [0, 0.1) is 11.8 Å². The Balaban J connectivity index is 2.01. The summed E-state index contributed by atoms with van der Waals surface area (Å²) in [5.74, 6) is -1.78. The lowest BCUT2D eigenvalue weighted by Crippen LogP contribution is -2.38. The Morgan fingerprint density at radius 2 is 2.04 bits per heavy atom. The predicted octanol–water partition coefficient (Wildman–Crippen LogP) is 1.27. The average molecular weight is 321 g/mol. The van der Waals surface area contributed by atoms with E-state index in [2.05, 4.69) is 10.4 Å². The summed E-state index contributed by atoms with van der Waals surface area (Å²) in [6.45, 7) is 2.23. The maximum absolute atomic E-state index is 12.2. The van der Waals surface area contributed by atoms with Gasteiger partial charge in [0.15, 0.2) is 0 Å². The van der Waals surface area contributed by atoms with Crippen LogP contribution >= 0.6 is 0 Å². The van der Waals surface area contributed by atoms with Crippen LogP contribution < -0.4 is 10.9 Å². The van der Waals surface area contributed by atoms with Crippen molar-refractivity contribution in [3.05, 3.63) is 28.2 Å². The van der Waals surface area contributed by atoms with Gasteiger partial charge in [-0.05, 0) is 31.7 Å². The van der Waals surface area contributed by atoms with E-state index < -0.39 is 17.8 Å². The first-order valence-corrected chi connectivity index (χ1v) is 8.12. The van der Waals surface area contributed by atoms with Gasteiger partial charge in [0.1, 0.15) is 5.69 Å². The van der Waals surface area contributed by atoms with Gasteiger partial charge < -0.3 is 10.4 Å². The number of hydrogen-bond donors (Lipinski definition) is 2. The third-order valence-corrected chi connectivity index (χ3v) is 4.42. The fourth-order valence-electron chi connectivity index (χ4n) is 3.08. The quantitative estimate of drug-likeness (QED) is 0.821. The maximum Gasteiger partial charge on any atom is 0.308 e. The highest BCUT2D eigenvalue weighted by Gasteiger charge is 2.29. The molecule has 2 rings (SSSR count). The number of aromatic nitrogens is 2. The van der Waals surface area contributed by atoms with E-state index in [0.717, 1.165) is 32.1 Å². The molecule has 0 saturated heterocycles. The zero-order chi connectivity index (χ0) is 16.8. The molecule has 2 N–H and O–H groups in total. The molecule has 126 valence electrons. The van der Waals surface area contributed by atoms with Crippen LogP contribution in [0.15, 0.2) is 16.9 Å². The summed E-state index contributed by atoms with van der Waals surface area (Å²) in [6, 6.07) is 2.65. The molecule has 1 atom stereocenters. The molecular weight excluding hydrogens is 298 g/mol. The molecule has 0 aliphatic heterocycles. The summed E-state index contributed by atoms with van der Waals surface area (Å²) in [7, 11) is 0. The van der Waals surface area contributed by atoms with Gasteiger partial charge in [0, 0.05) is 19.2 Å². The van der Waals surface area contributed by atoms with E-state index >= 15 is 0 Å². The first kappa shape index (κ1) is 17.2. The van der Waals surface area contributed by atoms with Crippen molar-refractivity contribution in [3.63, 3.8) is 0 Å². The summed E-state index contributed by atoms with van der Waals surface area (Å²) in [5.41, 5.74) is -0.145. The van der Waals surface area contributed by atoms with E-state index in [-0.39, 0.29) is 23.7 Å². The molecule has 0 spiro atoms. The molecule has 1 aromatic rings. The lowest BCUT2D eigenvalue weighted by Gasteiger charge is -2.27. The highest BCUT2D eigenvalue weighted by atomic mass is 16.4. The van der Waals surface area contributed by atoms with Crippen LogP contribution in [0.4, 0.5) is 0 Å². The van der Waals surface area contributed by atoms with Crippen molar-refractivity contribution in [3.8, 4) is 0 Å². The number of amides is 1. The second kappa shape index (κ2) is 7.89. The number of nitrogens with zero attached hydrogens (tertiary/aromatic N) is 2. The first-order valence-electron chi connectivity index (χ1n) is 8.12. The number of nitrogens with one attached hydrogen (secondary N) is 1. The van der Waals surface area contributed by atoms with Crippen molar-refractivity contribution >= 4 is 11.9 Å². The van der Waals surface area contributed by atoms with Gasteiger partial charge in [-0.15, -0.1) is 0 Å². The number of carboxylic acid groups (broad SMARTS) is 1. The first-order chi connectivity index (χ1) is 11.0. The van der Waals surface area contributed by atoms with Crippen LogP contribution in [0.5, 0.6) is 0 Å². The molecule has 1 heterocycles. The molecule has 7 nitrogen and oxygen atoms in total. The molecule has 1 amide bonds. The number of carboxylic acids is 1. The maximum atomic E-state index is 12.2. The van der Waals surface area contributed by atoms with E-state index in [1.807, 2.05) is 0 Å². The van der Waals surface area contributed by atoms with Crippen molar-refractivity contribution in [2.45, 2.75) is 45.6 Å². The minimum atomic E-state index is -0.872. The highest BCUT2D eigenvalue weighted by Crippen LogP contribution is 2.30. The summed E-state index contributed by atoms with van der Waals surface area (Å²) in [5, 5.41) is 16.0. The van der Waals surface area contributed by atoms with E-state index in [0.29, 0.717) is 6.54 Å². The Kier molecular flexibility index (Phi) is 5.90. The molecule has 1 fully saturated rings. The SMILES string of the molecule is CCn1nc(C(=O)NCC(C(=O)O)C2CCCCC2)ccc1=O. The zero-order valence-corrected chi connectivity index (χ0v) is 13.3. The number of carbonyl (C=O) groups is 2. The van der Waals surface area contributed by atoms with Crippen molar-refractivity contribution in [1.29, 1.82) is 0 Å². The Morgan fingerprint density at radius 1 is 1.35 bits per heavy atom. The number of rotatable bonds is 6. The van der Waals surface area contributed by atoms with E-state index in [9.17, 15) is 19.5 Å². The molecule has 1 aliphatic carbocycles. The molecule has 0 aromatic carbocycles. The number of aliphatic carboxylic acids is 1. The van der Waals surface area contributed by atoms with Crippen molar-refractivity contribution in [2.24, 2.45) is 11.8 Å². The fourth-order valence-corrected chi connectivity index (χ4v) is 3.08. The van der Waals surface area contributed by atoms with Crippen LogP contribution in [-0.4, -0.2) is 33.3 Å². The lowest BCUT2D eigenvalue weighted by molar-refractivity contribution is -0.143. The lowest BCUT2D eigenvalue weighted by atomic mass is 9.80. The molecule has 1 aromatic heterocycles. The van der Waals surface area contributed by atoms with Gasteiger partial charge in [0.05, 0.1) is 5.92 Å². The summed E-state index contributed by atoms with van der Waals surface area (Å²) >= 11 is 0. The second-order valence-corrected chi connectivity index (χ2v) is 5.93. The molecular formula is C16H23N3O4. The molecule has 1 aliphatic rings. The fraction of sp³-hybridized carbons (Fsp3) is 0.625. The van der Waals surface area contributed by atoms with Gasteiger partial charge in [-0.25, -0.2) is 4.68 Å². The Bertz CT molecular complexity index is 620. The Morgan fingerprint density at radius 3 is 2.65 bits per heavy atom. The van der Waals surface area contributed by atoms with E-state index in [1.165, 1.54) is 16.8 Å². The third kappa shape index (κ3) is 4.40. The molecule has 7 heteroatoms. The molecule has 0 bridgehead atoms. The highest BCUT2D eigenvalue weighted by molar-refractivity contribution is 5.92. The minimum absolute atomic E-state index is 0.0891. The topological polar surface area (TPSA) is 101 Å². The van der Waals surface area contributed by atoms with Gasteiger partial charge in [-0.2, -0.15) is 5.10 Å². The largest absolute Gasteiger partial charge is 0.481 e. The van der Waals surface area contributed by atoms with Crippen molar-refractivity contribution < 1.29 is 14.7 Å². The third-order valence-electron chi connectivity index (χ3n) is 4.42. The normalized spacial score (nSPS) is 16.7. The Labute approximate surface area is 134 Å². The van der Waals surface area contributed by atoms with Gasteiger partial charge in [-0.3, -0.25) is 14.4 Å².